The Bertz CT molecular complexity index is 280. The minimum Gasteiger partial charge on any atom is -0.379 e. The van der Waals surface area contributed by atoms with Crippen LogP contribution in [-0.2, 0) is 18.9 Å². The van der Waals surface area contributed by atoms with Gasteiger partial charge in [0, 0.05) is 6.61 Å². The predicted octanol–water partition coefficient (Wildman–Crippen LogP) is 2.26. The molecule has 2 aliphatic rings. The minimum absolute atomic E-state index is 0.0723. The molecule has 2 atom stereocenters. The van der Waals surface area contributed by atoms with Gasteiger partial charge in [-0.3, -0.25) is 0 Å². The Hall–Kier alpha value is -0.160. The summed E-state index contributed by atoms with van der Waals surface area (Å²) in [5, 5.41) is 0. The van der Waals surface area contributed by atoms with E-state index in [1.54, 1.807) is 0 Å². The van der Waals surface area contributed by atoms with Gasteiger partial charge in [0.15, 0.2) is 0 Å². The minimum atomic E-state index is -0.0723. The molecule has 4 heteroatoms. The first-order valence-electron chi connectivity index (χ1n) is 7.32. The van der Waals surface area contributed by atoms with Crippen LogP contribution in [0, 0.1) is 11.3 Å². The van der Waals surface area contributed by atoms with Crippen molar-refractivity contribution in [3.63, 3.8) is 0 Å². The van der Waals surface area contributed by atoms with Gasteiger partial charge in [-0.1, -0.05) is 20.8 Å². The van der Waals surface area contributed by atoms with E-state index in [9.17, 15) is 0 Å². The van der Waals surface area contributed by atoms with Crippen LogP contribution in [0.4, 0.5) is 0 Å². The van der Waals surface area contributed by atoms with Crippen LogP contribution in [0.5, 0.6) is 0 Å². The van der Waals surface area contributed by atoms with Crippen molar-refractivity contribution in [2.45, 2.75) is 45.8 Å². The van der Waals surface area contributed by atoms with E-state index in [2.05, 4.69) is 27.7 Å². The van der Waals surface area contributed by atoms with Crippen LogP contribution in [-0.4, -0.2) is 51.3 Å². The Kier molecular flexibility index (Phi) is 4.88. The van der Waals surface area contributed by atoms with Crippen LogP contribution in [0.3, 0.4) is 0 Å². The molecule has 0 amide bonds. The molecule has 0 saturated carbocycles. The van der Waals surface area contributed by atoms with Crippen LogP contribution < -0.4 is 0 Å². The largest absolute Gasteiger partial charge is 0.379 e. The Labute approximate surface area is 116 Å². The molecule has 0 radical (unpaired) electrons. The molecular formula is C15H28O4. The van der Waals surface area contributed by atoms with Gasteiger partial charge < -0.3 is 18.9 Å². The van der Waals surface area contributed by atoms with E-state index in [0.29, 0.717) is 19.1 Å². The molecule has 2 heterocycles. The molecule has 2 rings (SSSR count). The number of hydrogen-bond donors (Lipinski definition) is 0. The van der Waals surface area contributed by atoms with Gasteiger partial charge in [0.05, 0.1) is 39.1 Å². The molecule has 0 aromatic carbocycles. The first-order valence-corrected chi connectivity index (χ1v) is 7.32. The summed E-state index contributed by atoms with van der Waals surface area (Å²) in [5.41, 5.74) is 0.0369. The number of hydrogen-bond acceptors (Lipinski definition) is 4. The maximum Gasteiger partial charge on any atom is 0.112 e. The molecule has 2 fully saturated rings. The first-order chi connectivity index (χ1) is 8.91. The quantitative estimate of drug-likeness (QED) is 0.712. The van der Waals surface area contributed by atoms with Crippen molar-refractivity contribution in [2.75, 3.05) is 39.6 Å². The van der Waals surface area contributed by atoms with Crippen molar-refractivity contribution in [1.29, 1.82) is 0 Å². The molecule has 112 valence electrons. The van der Waals surface area contributed by atoms with E-state index in [1.165, 1.54) is 0 Å². The molecule has 0 bridgehead atoms. The average Bonchev–Trinajstić information content (AvgIpc) is 2.84. The highest BCUT2D eigenvalue weighted by Crippen LogP contribution is 2.31. The Morgan fingerprint density at radius 3 is 2.58 bits per heavy atom. The van der Waals surface area contributed by atoms with Crippen LogP contribution in [0.2, 0.25) is 0 Å². The fraction of sp³-hybridized carbons (Fsp3) is 1.00. The standard InChI is InChI=1S/C15H28O4/c1-12(7-18-13-5-6-16-8-13)14(2,3)9-19-15(4)10-17-11-15/h12-13H,5-11H2,1-4H3. The van der Waals surface area contributed by atoms with Gasteiger partial charge in [-0.15, -0.1) is 0 Å². The third-order valence-corrected chi connectivity index (χ3v) is 4.41. The molecule has 2 unspecified atom stereocenters. The molecule has 4 nitrogen and oxygen atoms in total. The van der Waals surface area contributed by atoms with E-state index < -0.39 is 0 Å². The Morgan fingerprint density at radius 2 is 2.05 bits per heavy atom. The third-order valence-electron chi connectivity index (χ3n) is 4.41. The highest BCUT2D eigenvalue weighted by atomic mass is 16.6. The second kappa shape index (κ2) is 6.08. The Morgan fingerprint density at radius 1 is 1.32 bits per heavy atom. The summed E-state index contributed by atoms with van der Waals surface area (Å²) in [6.45, 7) is 13.4. The maximum atomic E-state index is 6.02. The maximum absolute atomic E-state index is 6.02. The van der Waals surface area contributed by atoms with Gasteiger partial charge >= 0.3 is 0 Å². The second-order valence-corrected chi connectivity index (χ2v) is 6.94. The SMILES string of the molecule is CC(COC1CCOC1)C(C)(C)COC1(C)COC1. The lowest BCUT2D eigenvalue weighted by Crippen LogP contribution is -2.51. The van der Waals surface area contributed by atoms with Crippen LogP contribution >= 0.6 is 0 Å². The summed E-state index contributed by atoms with van der Waals surface area (Å²) >= 11 is 0. The lowest BCUT2D eigenvalue weighted by atomic mass is 9.81. The molecule has 0 spiro atoms. The third kappa shape index (κ3) is 4.15. The normalized spacial score (nSPS) is 28.1. The molecule has 0 aromatic heterocycles. The van der Waals surface area contributed by atoms with Gasteiger partial charge in [0.1, 0.15) is 5.60 Å². The molecule has 0 N–H and O–H groups in total. The number of rotatable bonds is 7. The highest BCUT2D eigenvalue weighted by molar-refractivity contribution is 4.84. The van der Waals surface area contributed by atoms with E-state index in [1.807, 2.05) is 0 Å². The zero-order valence-corrected chi connectivity index (χ0v) is 12.7. The molecular weight excluding hydrogens is 244 g/mol. The van der Waals surface area contributed by atoms with Crippen LogP contribution in [0.15, 0.2) is 0 Å². The van der Waals surface area contributed by atoms with Crippen molar-refractivity contribution < 1.29 is 18.9 Å². The lowest BCUT2D eigenvalue weighted by Gasteiger charge is -2.41. The predicted molar refractivity (Wildman–Crippen MR) is 73.3 cm³/mol. The second-order valence-electron chi connectivity index (χ2n) is 6.94. The number of ether oxygens (including phenoxy) is 4. The van der Waals surface area contributed by atoms with Gasteiger partial charge in [0.2, 0.25) is 0 Å². The monoisotopic (exact) mass is 272 g/mol. The fourth-order valence-corrected chi connectivity index (χ4v) is 2.13. The fourth-order valence-electron chi connectivity index (χ4n) is 2.13. The molecule has 0 aliphatic carbocycles. The van der Waals surface area contributed by atoms with Crippen molar-refractivity contribution >= 4 is 0 Å². The Balaban J connectivity index is 1.70. The van der Waals surface area contributed by atoms with Gasteiger partial charge in [-0.25, -0.2) is 0 Å². The van der Waals surface area contributed by atoms with Gasteiger partial charge in [-0.2, -0.15) is 0 Å². The van der Waals surface area contributed by atoms with Crippen molar-refractivity contribution in [2.24, 2.45) is 11.3 Å². The zero-order chi connectivity index (χ0) is 13.9. The summed E-state index contributed by atoms with van der Waals surface area (Å²) in [4.78, 5) is 0. The van der Waals surface area contributed by atoms with E-state index >= 15 is 0 Å². The summed E-state index contributed by atoms with van der Waals surface area (Å²) in [6, 6.07) is 0. The van der Waals surface area contributed by atoms with Gasteiger partial charge in [-0.05, 0) is 24.7 Å². The average molecular weight is 272 g/mol. The van der Waals surface area contributed by atoms with E-state index in [4.69, 9.17) is 18.9 Å². The van der Waals surface area contributed by atoms with Crippen molar-refractivity contribution in [1.82, 2.24) is 0 Å². The molecule has 2 saturated heterocycles. The zero-order valence-electron chi connectivity index (χ0n) is 12.7. The topological polar surface area (TPSA) is 36.9 Å². The van der Waals surface area contributed by atoms with Crippen molar-refractivity contribution in [3.8, 4) is 0 Å². The molecule has 19 heavy (non-hydrogen) atoms. The van der Waals surface area contributed by atoms with Crippen LogP contribution in [0.25, 0.3) is 0 Å². The van der Waals surface area contributed by atoms with Crippen molar-refractivity contribution in [3.05, 3.63) is 0 Å². The molecule has 0 aromatic rings. The first kappa shape index (κ1) is 15.2. The van der Waals surface area contributed by atoms with E-state index in [-0.39, 0.29) is 17.1 Å². The van der Waals surface area contributed by atoms with E-state index in [0.717, 1.165) is 32.8 Å². The summed E-state index contributed by atoms with van der Waals surface area (Å²) in [5.74, 6) is 0.456. The highest BCUT2D eigenvalue weighted by Gasteiger charge is 2.37. The summed E-state index contributed by atoms with van der Waals surface area (Å²) < 4.78 is 22.5. The van der Waals surface area contributed by atoms with Crippen LogP contribution in [0.1, 0.15) is 34.1 Å². The summed E-state index contributed by atoms with van der Waals surface area (Å²) in [6.07, 6.45) is 1.32. The lowest BCUT2D eigenvalue weighted by molar-refractivity contribution is -0.214. The molecule has 2 aliphatic heterocycles. The smallest absolute Gasteiger partial charge is 0.112 e. The summed E-state index contributed by atoms with van der Waals surface area (Å²) in [7, 11) is 0. The van der Waals surface area contributed by atoms with Gasteiger partial charge in [0.25, 0.3) is 0 Å².